The van der Waals surface area contributed by atoms with Gasteiger partial charge in [-0.1, -0.05) is 55.5 Å². The van der Waals surface area contributed by atoms with Crippen LogP contribution in [0.5, 0.6) is 0 Å². The minimum Gasteiger partial charge on any atom is -0.309 e. The van der Waals surface area contributed by atoms with E-state index < -0.39 is 0 Å². The van der Waals surface area contributed by atoms with Gasteiger partial charge in [-0.2, -0.15) is 0 Å². The molecule has 1 fully saturated rings. The number of anilines is 1. The molecule has 0 aromatic heterocycles. The summed E-state index contributed by atoms with van der Waals surface area (Å²) in [5, 5.41) is 0. The molecule has 1 atom stereocenters. The molecule has 1 unspecified atom stereocenters. The molecule has 1 amide bonds. The Hall–Kier alpha value is -1.84. The number of likely N-dealkylation sites (tertiary alicyclic amines) is 1. The highest BCUT2D eigenvalue weighted by Crippen LogP contribution is 2.28. The zero-order chi connectivity index (χ0) is 17.6. The summed E-state index contributed by atoms with van der Waals surface area (Å²) in [7, 11) is 0. The van der Waals surface area contributed by atoms with Gasteiger partial charge in [0.25, 0.3) is 0 Å². The van der Waals surface area contributed by atoms with Crippen LogP contribution in [-0.4, -0.2) is 29.9 Å². The predicted octanol–water partition coefficient (Wildman–Crippen LogP) is 5.08. The van der Waals surface area contributed by atoms with Crippen molar-refractivity contribution in [3.63, 3.8) is 0 Å². The lowest BCUT2D eigenvalue weighted by Crippen LogP contribution is -2.48. The average Bonchev–Trinajstić information content (AvgIpc) is 2.69. The quantitative estimate of drug-likeness (QED) is 0.730. The number of nitrogens with zero attached hydrogens (tertiary/aromatic N) is 2. The first-order valence-corrected chi connectivity index (χ1v) is 9.36. The van der Waals surface area contributed by atoms with Crippen molar-refractivity contribution in [2.45, 2.75) is 45.2 Å². The van der Waals surface area contributed by atoms with Gasteiger partial charge in [0.2, 0.25) is 5.91 Å². The number of hydrogen-bond acceptors (Lipinski definition) is 2. The molecule has 26 heavy (non-hydrogen) atoms. The maximum Gasteiger partial charge on any atom is 0.226 e. The van der Waals surface area contributed by atoms with E-state index in [1.165, 1.54) is 5.56 Å². The van der Waals surface area contributed by atoms with Crippen LogP contribution >= 0.6 is 12.4 Å². The van der Waals surface area contributed by atoms with Crippen LogP contribution in [-0.2, 0) is 4.79 Å². The number of hydrogen-bond donors (Lipinski definition) is 0. The first-order chi connectivity index (χ1) is 12.2. The summed E-state index contributed by atoms with van der Waals surface area (Å²) < 4.78 is 0. The van der Waals surface area contributed by atoms with Gasteiger partial charge in [0, 0.05) is 37.3 Å². The summed E-state index contributed by atoms with van der Waals surface area (Å²) in [4.78, 5) is 17.1. The molecular formula is C22H29ClN2O. The maximum atomic E-state index is 12.6. The summed E-state index contributed by atoms with van der Waals surface area (Å²) >= 11 is 0. The number of piperidine rings is 1. The molecule has 140 valence electrons. The van der Waals surface area contributed by atoms with E-state index >= 15 is 0 Å². The van der Waals surface area contributed by atoms with Gasteiger partial charge >= 0.3 is 0 Å². The Morgan fingerprint density at radius 1 is 1.04 bits per heavy atom. The molecule has 0 radical (unpaired) electrons. The van der Waals surface area contributed by atoms with Crippen LogP contribution in [0, 0.1) is 0 Å². The summed E-state index contributed by atoms with van der Waals surface area (Å²) in [5.41, 5.74) is 2.40. The second kappa shape index (κ2) is 9.75. The van der Waals surface area contributed by atoms with Gasteiger partial charge in [0.1, 0.15) is 0 Å². The van der Waals surface area contributed by atoms with Crippen LogP contribution in [0.4, 0.5) is 5.69 Å². The molecule has 0 N–H and O–H groups in total. The van der Waals surface area contributed by atoms with Crippen molar-refractivity contribution < 1.29 is 4.79 Å². The summed E-state index contributed by atoms with van der Waals surface area (Å²) in [6.45, 7) is 6.29. The van der Waals surface area contributed by atoms with Crippen LogP contribution in [0.25, 0.3) is 0 Å². The van der Waals surface area contributed by atoms with E-state index in [-0.39, 0.29) is 18.3 Å². The van der Waals surface area contributed by atoms with E-state index in [1.54, 1.807) is 0 Å². The molecule has 3 rings (SSSR count). The maximum absolute atomic E-state index is 12.6. The summed E-state index contributed by atoms with van der Waals surface area (Å²) in [6.07, 6.45) is 2.60. The van der Waals surface area contributed by atoms with E-state index in [0.29, 0.717) is 18.5 Å². The highest BCUT2D eigenvalue weighted by atomic mass is 35.5. The van der Waals surface area contributed by atoms with Crippen molar-refractivity contribution in [2.75, 3.05) is 18.0 Å². The van der Waals surface area contributed by atoms with Gasteiger partial charge in [-0.3, -0.25) is 9.69 Å². The Morgan fingerprint density at radius 3 is 2.12 bits per heavy atom. The SMILES string of the molecule is CCC(=O)N(c1ccccc1)C1CCN(C(C)c2ccccc2)CC1.Cl. The Balaban J connectivity index is 0.00000243. The molecule has 1 saturated heterocycles. The number of para-hydroxylation sites is 1. The molecule has 4 heteroatoms. The average molecular weight is 373 g/mol. The molecule has 0 spiro atoms. The zero-order valence-electron chi connectivity index (χ0n) is 15.7. The lowest BCUT2D eigenvalue weighted by Gasteiger charge is -2.41. The van der Waals surface area contributed by atoms with Crippen LogP contribution in [0.15, 0.2) is 60.7 Å². The molecule has 1 heterocycles. The summed E-state index contributed by atoms with van der Waals surface area (Å²) in [5.74, 6) is 0.223. The smallest absolute Gasteiger partial charge is 0.226 e. The third kappa shape index (κ3) is 4.66. The standard InChI is InChI=1S/C22H28N2O.ClH/c1-3-22(25)24(20-12-8-5-9-13-20)21-14-16-23(17-15-21)18(2)19-10-6-4-7-11-19;/h4-13,18,21H,3,14-17H2,1-2H3;1H. The van der Waals surface area contributed by atoms with E-state index in [0.717, 1.165) is 31.6 Å². The Morgan fingerprint density at radius 2 is 1.58 bits per heavy atom. The third-order valence-electron chi connectivity index (χ3n) is 5.30. The number of benzene rings is 2. The first-order valence-electron chi connectivity index (χ1n) is 9.36. The van der Waals surface area contributed by atoms with Crippen LogP contribution < -0.4 is 4.90 Å². The van der Waals surface area contributed by atoms with Crippen molar-refractivity contribution in [3.8, 4) is 0 Å². The molecule has 1 aliphatic heterocycles. The molecule has 3 nitrogen and oxygen atoms in total. The lowest BCUT2D eigenvalue weighted by molar-refractivity contribution is -0.119. The predicted molar refractivity (Wildman–Crippen MR) is 111 cm³/mol. The number of amides is 1. The van der Waals surface area contributed by atoms with Gasteiger partial charge in [-0.25, -0.2) is 0 Å². The molecule has 0 aliphatic carbocycles. The third-order valence-corrected chi connectivity index (χ3v) is 5.30. The van der Waals surface area contributed by atoms with E-state index in [4.69, 9.17) is 0 Å². The van der Waals surface area contributed by atoms with Crippen molar-refractivity contribution in [3.05, 3.63) is 66.2 Å². The second-order valence-electron chi connectivity index (χ2n) is 6.81. The molecule has 2 aromatic rings. The molecule has 0 bridgehead atoms. The Kier molecular flexibility index (Phi) is 7.67. The minimum absolute atomic E-state index is 0. The van der Waals surface area contributed by atoms with E-state index in [1.807, 2.05) is 42.2 Å². The largest absolute Gasteiger partial charge is 0.309 e. The fourth-order valence-electron chi connectivity index (χ4n) is 3.79. The lowest BCUT2D eigenvalue weighted by atomic mass is 9.98. The van der Waals surface area contributed by atoms with Crippen LogP contribution in [0.1, 0.15) is 44.7 Å². The normalized spacial score (nSPS) is 16.5. The topological polar surface area (TPSA) is 23.6 Å². The van der Waals surface area contributed by atoms with Gasteiger partial charge in [0.15, 0.2) is 0 Å². The monoisotopic (exact) mass is 372 g/mol. The summed E-state index contributed by atoms with van der Waals surface area (Å²) in [6, 6.07) is 21.5. The van der Waals surface area contributed by atoms with Crippen molar-refractivity contribution in [1.82, 2.24) is 4.90 Å². The second-order valence-corrected chi connectivity index (χ2v) is 6.81. The van der Waals surface area contributed by atoms with Crippen molar-refractivity contribution in [2.24, 2.45) is 0 Å². The number of carbonyl (C=O) groups excluding carboxylic acids is 1. The van der Waals surface area contributed by atoms with Crippen LogP contribution in [0.3, 0.4) is 0 Å². The van der Waals surface area contributed by atoms with Gasteiger partial charge in [0.05, 0.1) is 0 Å². The van der Waals surface area contributed by atoms with Crippen LogP contribution in [0.2, 0.25) is 0 Å². The zero-order valence-corrected chi connectivity index (χ0v) is 16.5. The fourth-order valence-corrected chi connectivity index (χ4v) is 3.79. The Bertz CT molecular complexity index is 669. The number of rotatable bonds is 5. The van der Waals surface area contributed by atoms with E-state index in [9.17, 15) is 4.79 Å². The molecule has 0 saturated carbocycles. The van der Waals surface area contributed by atoms with Crippen molar-refractivity contribution in [1.29, 1.82) is 0 Å². The number of carbonyl (C=O) groups is 1. The van der Waals surface area contributed by atoms with Gasteiger partial charge in [-0.15, -0.1) is 12.4 Å². The van der Waals surface area contributed by atoms with Crippen molar-refractivity contribution >= 4 is 24.0 Å². The molecular weight excluding hydrogens is 344 g/mol. The van der Waals surface area contributed by atoms with Gasteiger partial charge < -0.3 is 4.90 Å². The fraction of sp³-hybridized carbons (Fsp3) is 0.409. The molecule has 2 aromatic carbocycles. The van der Waals surface area contributed by atoms with E-state index in [2.05, 4.69) is 42.2 Å². The highest BCUT2D eigenvalue weighted by molar-refractivity contribution is 5.93. The first kappa shape index (κ1) is 20.5. The van der Waals surface area contributed by atoms with Gasteiger partial charge in [-0.05, 0) is 37.5 Å². The Labute approximate surface area is 163 Å². The molecule has 1 aliphatic rings. The minimum atomic E-state index is 0. The number of halogens is 1. The highest BCUT2D eigenvalue weighted by Gasteiger charge is 2.30.